The highest BCUT2D eigenvalue weighted by Crippen LogP contribution is 2.25. The van der Waals surface area contributed by atoms with Crippen LogP contribution >= 0.6 is 0 Å². The fourth-order valence-electron chi connectivity index (χ4n) is 3.83. The first kappa shape index (κ1) is 21.2. The molecule has 4 aromatic carbocycles. The maximum Gasteiger partial charge on any atom is 0.0943 e. The van der Waals surface area contributed by atoms with E-state index in [1.807, 2.05) is 72.8 Å². The molecule has 3 nitrogen and oxygen atoms in total. The largest absolute Gasteiger partial charge is 0.353 e. The van der Waals surface area contributed by atoms with Gasteiger partial charge in [-0.2, -0.15) is 0 Å². The summed E-state index contributed by atoms with van der Waals surface area (Å²) < 4.78 is 0. The minimum Gasteiger partial charge on any atom is -0.353 e. The van der Waals surface area contributed by atoms with E-state index in [9.17, 15) is 0 Å². The molecule has 0 bridgehead atoms. The monoisotopic (exact) mass is 439 g/mol. The van der Waals surface area contributed by atoms with Crippen LogP contribution in [0.1, 0.15) is 11.1 Å². The average Bonchev–Trinajstić information content (AvgIpc) is 2.92. The van der Waals surface area contributed by atoms with Crippen molar-refractivity contribution in [2.24, 2.45) is 4.99 Å². The van der Waals surface area contributed by atoms with Gasteiger partial charge < -0.3 is 10.6 Å². The number of allylic oxidation sites excluding steroid dienone is 4. The third kappa shape index (κ3) is 5.05. The van der Waals surface area contributed by atoms with Gasteiger partial charge in [-0.1, -0.05) is 103 Å². The zero-order chi connectivity index (χ0) is 23.0. The number of nitrogens with zero attached hydrogens (tertiary/aromatic N) is 1. The molecule has 1 aliphatic rings. The van der Waals surface area contributed by atoms with E-state index in [0.29, 0.717) is 0 Å². The van der Waals surface area contributed by atoms with Gasteiger partial charge in [0.2, 0.25) is 0 Å². The van der Waals surface area contributed by atoms with Crippen LogP contribution in [-0.4, -0.2) is 5.71 Å². The Hall–Kier alpha value is -4.63. The van der Waals surface area contributed by atoms with Crippen LogP contribution in [0.3, 0.4) is 0 Å². The molecular weight excluding hydrogens is 414 g/mol. The standard InChI is InChI=1S/C31H25N3/c1-5-14-24(15-6-1)30(32-26-18-9-3-10-19-26)28-22-13-23-29(34-28)31(25-16-7-2-8-17-25)33-27-20-11-4-12-21-27/h1-23,32,34H/b30-28+,33-31?. The number of hydrogen-bond donors (Lipinski definition) is 2. The summed E-state index contributed by atoms with van der Waals surface area (Å²) in [5.74, 6) is 0. The van der Waals surface area contributed by atoms with Gasteiger partial charge >= 0.3 is 0 Å². The van der Waals surface area contributed by atoms with Crippen LogP contribution in [0.15, 0.2) is 156 Å². The quantitative estimate of drug-likeness (QED) is 0.309. The van der Waals surface area contributed by atoms with E-state index >= 15 is 0 Å². The Bertz CT molecular complexity index is 1350. The Kier molecular flexibility index (Phi) is 6.45. The fourth-order valence-corrected chi connectivity index (χ4v) is 3.83. The molecule has 0 radical (unpaired) electrons. The lowest BCUT2D eigenvalue weighted by Gasteiger charge is -2.22. The topological polar surface area (TPSA) is 36.4 Å². The Balaban J connectivity index is 1.57. The van der Waals surface area contributed by atoms with Gasteiger partial charge in [0.05, 0.1) is 28.5 Å². The van der Waals surface area contributed by atoms with Gasteiger partial charge in [0, 0.05) is 16.8 Å². The molecule has 1 heterocycles. The SMILES string of the molecule is C1=C/C(=C(\Nc2ccccc2)c2ccccc2)NC(C(=Nc2ccccc2)c2ccccc2)=C1. The van der Waals surface area contributed by atoms with Crippen molar-refractivity contribution in [3.8, 4) is 0 Å². The molecular formula is C31H25N3. The molecule has 34 heavy (non-hydrogen) atoms. The van der Waals surface area contributed by atoms with Crippen LogP contribution in [0.25, 0.3) is 5.70 Å². The second kappa shape index (κ2) is 10.3. The van der Waals surface area contributed by atoms with Gasteiger partial charge in [-0.25, -0.2) is 4.99 Å². The molecule has 1 aliphatic heterocycles. The Labute approximate surface area is 200 Å². The summed E-state index contributed by atoms with van der Waals surface area (Å²) in [6.07, 6.45) is 6.23. The normalized spacial score (nSPS) is 14.7. The third-order valence-electron chi connectivity index (χ3n) is 5.47. The number of aliphatic imine (C=N–C) groups is 1. The number of para-hydroxylation sites is 2. The molecule has 0 saturated heterocycles. The van der Waals surface area contributed by atoms with Gasteiger partial charge in [-0.15, -0.1) is 0 Å². The Morgan fingerprint density at radius 2 is 1.18 bits per heavy atom. The minimum absolute atomic E-state index is 0.890. The first-order valence-corrected chi connectivity index (χ1v) is 11.3. The van der Waals surface area contributed by atoms with Gasteiger partial charge in [-0.3, -0.25) is 0 Å². The molecule has 0 aromatic heterocycles. The predicted octanol–water partition coefficient (Wildman–Crippen LogP) is 7.33. The van der Waals surface area contributed by atoms with Crippen molar-refractivity contribution in [2.75, 3.05) is 5.32 Å². The van der Waals surface area contributed by atoms with E-state index in [1.54, 1.807) is 0 Å². The molecule has 0 aliphatic carbocycles. The number of hydrogen-bond acceptors (Lipinski definition) is 3. The Morgan fingerprint density at radius 1 is 0.618 bits per heavy atom. The molecule has 164 valence electrons. The third-order valence-corrected chi connectivity index (χ3v) is 5.47. The highest BCUT2D eigenvalue weighted by Gasteiger charge is 2.16. The van der Waals surface area contributed by atoms with Crippen molar-refractivity contribution < 1.29 is 0 Å². The molecule has 0 amide bonds. The highest BCUT2D eigenvalue weighted by atomic mass is 15.0. The molecule has 0 spiro atoms. The van der Waals surface area contributed by atoms with Crippen LogP contribution in [0.4, 0.5) is 11.4 Å². The van der Waals surface area contributed by atoms with Crippen molar-refractivity contribution in [1.82, 2.24) is 5.32 Å². The molecule has 0 atom stereocenters. The van der Waals surface area contributed by atoms with Crippen molar-refractivity contribution in [1.29, 1.82) is 0 Å². The second-order valence-corrected chi connectivity index (χ2v) is 7.87. The summed E-state index contributed by atoms with van der Waals surface area (Å²) in [6.45, 7) is 0. The number of benzene rings is 4. The zero-order valence-corrected chi connectivity index (χ0v) is 18.7. The summed E-state index contributed by atoms with van der Waals surface area (Å²) in [6, 6.07) is 40.9. The molecule has 0 saturated carbocycles. The average molecular weight is 440 g/mol. The van der Waals surface area contributed by atoms with Crippen LogP contribution < -0.4 is 10.6 Å². The van der Waals surface area contributed by atoms with Crippen LogP contribution in [0.5, 0.6) is 0 Å². The lowest BCUT2D eigenvalue weighted by atomic mass is 10.0. The summed E-state index contributed by atoms with van der Waals surface area (Å²) in [4.78, 5) is 5.01. The van der Waals surface area contributed by atoms with Crippen molar-refractivity contribution in [2.45, 2.75) is 0 Å². The van der Waals surface area contributed by atoms with Gasteiger partial charge in [-0.05, 0) is 36.4 Å². The summed E-state index contributed by atoms with van der Waals surface area (Å²) >= 11 is 0. The van der Waals surface area contributed by atoms with Gasteiger partial charge in [0.1, 0.15) is 0 Å². The first-order chi connectivity index (χ1) is 16.9. The van der Waals surface area contributed by atoms with E-state index in [4.69, 9.17) is 4.99 Å². The predicted molar refractivity (Wildman–Crippen MR) is 143 cm³/mol. The van der Waals surface area contributed by atoms with E-state index in [1.165, 1.54) is 0 Å². The van der Waals surface area contributed by atoms with Crippen LogP contribution in [-0.2, 0) is 0 Å². The van der Waals surface area contributed by atoms with Crippen molar-refractivity contribution in [3.05, 3.63) is 162 Å². The molecule has 2 N–H and O–H groups in total. The van der Waals surface area contributed by atoms with E-state index in [-0.39, 0.29) is 0 Å². The Morgan fingerprint density at radius 3 is 1.82 bits per heavy atom. The van der Waals surface area contributed by atoms with Crippen molar-refractivity contribution >= 4 is 22.8 Å². The lowest BCUT2D eigenvalue weighted by Crippen LogP contribution is -2.24. The smallest absolute Gasteiger partial charge is 0.0943 e. The lowest BCUT2D eigenvalue weighted by molar-refractivity contribution is 1.05. The summed E-state index contributed by atoms with van der Waals surface area (Å²) in [5.41, 5.74) is 7.90. The first-order valence-electron chi connectivity index (χ1n) is 11.3. The molecule has 4 aromatic rings. The fraction of sp³-hybridized carbons (Fsp3) is 0. The molecule has 5 rings (SSSR count). The number of rotatable bonds is 6. The number of dihydropyridines is 1. The summed E-state index contributed by atoms with van der Waals surface area (Å²) in [7, 11) is 0. The van der Waals surface area contributed by atoms with Crippen molar-refractivity contribution in [3.63, 3.8) is 0 Å². The zero-order valence-electron chi connectivity index (χ0n) is 18.7. The van der Waals surface area contributed by atoms with E-state index in [2.05, 4.69) is 77.4 Å². The maximum absolute atomic E-state index is 5.01. The van der Waals surface area contributed by atoms with E-state index in [0.717, 1.165) is 45.3 Å². The maximum atomic E-state index is 5.01. The van der Waals surface area contributed by atoms with Gasteiger partial charge in [0.25, 0.3) is 0 Å². The minimum atomic E-state index is 0.890. The number of nitrogens with one attached hydrogen (secondary N) is 2. The highest BCUT2D eigenvalue weighted by molar-refractivity contribution is 6.14. The van der Waals surface area contributed by atoms with Crippen LogP contribution in [0.2, 0.25) is 0 Å². The summed E-state index contributed by atoms with van der Waals surface area (Å²) in [5, 5.41) is 7.26. The van der Waals surface area contributed by atoms with Crippen LogP contribution in [0, 0.1) is 0 Å². The number of anilines is 1. The molecule has 0 fully saturated rings. The molecule has 3 heteroatoms. The second-order valence-electron chi connectivity index (χ2n) is 7.87. The van der Waals surface area contributed by atoms with E-state index < -0.39 is 0 Å². The van der Waals surface area contributed by atoms with Gasteiger partial charge in [0.15, 0.2) is 0 Å². The molecule has 0 unspecified atom stereocenters.